The summed E-state index contributed by atoms with van der Waals surface area (Å²) < 4.78 is 0. The molecule has 3 aromatic rings. The molecule has 1 heterocycles. The molecule has 0 radical (unpaired) electrons. The summed E-state index contributed by atoms with van der Waals surface area (Å²) in [5.74, 6) is 1.72. The van der Waals surface area contributed by atoms with Crippen molar-refractivity contribution in [2.75, 3.05) is 10.6 Å². The van der Waals surface area contributed by atoms with Gasteiger partial charge in [0.05, 0.1) is 0 Å². The Kier molecular flexibility index (Phi) is 4.65. The van der Waals surface area contributed by atoms with Gasteiger partial charge in [0, 0.05) is 11.4 Å². The SMILES string of the molecule is Cc1cc(C)cc(Nc2nc(C)nc(Nc3cc(C)cc(C)c3)n2)c1. The molecule has 0 bridgehead atoms. The highest BCUT2D eigenvalue weighted by atomic mass is 15.2. The van der Waals surface area contributed by atoms with E-state index in [0.29, 0.717) is 17.7 Å². The highest BCUT2D eigenvalue weighted by Gasteiger charge is 2.06. The molecule has 0 saturated carbocycles. The first kappa shape index (κ1) is 16.9. The Morgan fingerprint density at radius 3 is 1.24 bits per heavy atom. The molecule has 0 unspecified atom stereocenters. The molecule has 2 aromatic carbocycles. The molecule has 3 rings (SSSR count). The minimum Gasteiger partial charge on any atom is -0.324 e. The maximum atomic E-state index is 4.50. The number of hydrogen-bond donors (Lipinski definition) is 2. The highest BCUT2D eigenvalue weighted by molar-refractivity contribution is 5.59. The first-order valence-corrected chi connectivity index (χ1v) is 8.31. The molecule has 0 aliphatic rings. The summed E-state index contributed by atoms with van der Waals surface area (Å²) in [4.78, 5) is 13.3. The van der Waals surface area contributed by atoms with E-state index in [0.717, 1.165) is 11.4 Å². The molecule has 0 saturated heterocycles. The molecular formula is C20H23N5. The minimum atomic E-state index is 0.532. The van der Waals surface area contributed by atoms with E-state index in [1.54, 1.807) is 0 Å². The first-order chi connectivity index (χ1) is 11.9. The van der Waals surface area contributed by atoms with Gasteiger partial charge in [0.25, 0.3) is 0 Å². The standard InChI is InChI=1S/C20H23N5/c1-12-6-13(2)9-17(8-12)23-19-21-16(5)22-20(25-19)24-18-10-14(3)7-15(4)11-18/h6-11H,1-5H3,(H2,21,22,23,24,25). The second-order valence-corrected chi connectivity index (χ2v) is 6.53. The lowest BCUT2D eigenvalue weighted by atomic mass is 10.1. The number of aryl methyl sites for hydroxylation is 5. The Morgan fingerprint density at radius 2 is 0.880 bits per heavy atom. The summed E-state index contributed by atoms with van der Waals surface area (Å²) in [5, 5.41) is 6.55. The number of nitrogens with zero attached hydrogens (tertiary/aromatic N) is 3. The fourth-order valence-electron chi connectivity index (χ4n) is 2.95. The van der Waals surface area contributed by atoms with Crippen molar-refractivity contribution in [2.45, 2.75) is 34.6 Å². The predicted octanol–water partition coefficient (Wildman–Crippen LogP) is 4.90. The zero-order chi connectivity index (χ0) is 18.0. The molecular weight excluding hydrogens is 310 g/mol. The van der Waals surface area contributed by atoms with E-state index in [1.165, 1.54) is 22.3 Å². The molecule has 128 valence electrons. The summed E-state index contributed by atoms with van der Waals surface area (Å²) in [5.41, 5.74) is 6.73. The van der Waals surface area contributed by atoms with Gasteiger partial charge in [-0.1, -0.05) is 12.1 Å². The van der Waals surface area contributed by atoms with Gasteiger partial charge >= 0.3 is 0 Å². The molecule has 0 aliphatic heterocycles. The van der Waals surface area contributed by atoms with Crippen molar-refractivity contribution in [1.29, 1.82) is 0 Å². The summed E-state index contributed by atoms with van der Waals surface area (Å²) in [6.07, 6.45) is 0. The Hall–Kier alpha value is -2.95. The lowest BCUT2D eigenvalue weighted by molar-refractivity contribution is 0.989. The van der Waals surface area contributed by atoms with E-state index in [-0.39, 0.29) is 0 Å². The van der Waals surface area contributed by atoms with Crippen LogP contribution in [0.2, 0.25) is 0 Å². The first-order valence-electron chi connectivity index (χ1n) is 8.31. The van der Waals surface area contributed by atoms with Crippen LogP contribution < -0.4 is 10.6 Å². The maximum absolute atomic E-state index is 4.50. The van der Waals surface area contributed by atoms with E-state index >= 15 is 0 Å². The maximum Gasteiger partial charge on any atom is 0.232 e. The van der Waals surface area contributed by atoms with E-state index in [4.69, 9.17) is 0 Å². The number of nitrogens with one attached hydrogen (secondary N) is 2. The summed E-state index contributed by atoms with van der Waals surface area (Å²) in [6, 6.07) is 12.6. The van der Waals surface area contributed by atoms with Crippen LogP contribution in [0.15, 0.2) is 36.4 Å². The van der Waals surface area contributed by atoms with Crippen LogP contribution in [0.3, 0.4) is 0 Å². The molecule has 2 N–H and O–H groups in total. The van der Waals surface area contributed by atoms with E-state index < -0.39 is 0 Å². The van der Waals surface area contributed by atoms with Crippen molar-refractivity contribution < 1.29 is 0 Å². The van der Waals surface area contributed by atoms with Gasteiger partial charge in [-0.3, -0.25) is 0 Å². The number of benzene rings is 2. The molecule has 25 heavy (non-hydrogen) atoms. The van der Waals surface area contributed by atoms with Crippen LogP contribution in [0.25, 0.3) is 0 Å². The van der Waals surface area contributed by atoms with Gasteiger partial charge in [-0.25, -0.2) is 0 Å². The van der Waals surface area contributed by atoms with Crippen LogP contribution in [0.4, 0.5) is 23.3 Å². The molecule has 5 heteroatoms. The Morgan fingerprint density at radius 1 is 0.520 bits per heavy atom. The fourth-order valence-corrected chi connectivity index (χ4v) is 2.95. The average Bonchev–Trinajstić information content (AvgIpc) is 2.43. The molecule has 0 fully saturated rings. The van der Waals surface area contributed by atoms with Crippen molar-refractivity contribution >= 4 is 23.3 Å². The minimum absolute atomic E-state index is 0.532. The van der Waals surface area contributed by atoms with Gasteiger partial charge in [-0.05, 0) is 81.1 Å². The van der Waals surface area contributed by atoms with Crippen LogP contribution in [-0.2, 0) is 0 Å². The molecule has 0 aliphatic carbocycles. The molecule has 1 aromatic heterocycles. The molecule has 5 nitrogen and oxygen atoms in total. The van der Waals surface area contributed by atoms with E-state index in [2.05, 4.69) is 89.7 Å². The summed E-state index contributed by atoms with van der Waals surface area (Å²) in [6.45, 7) is 10.2. The number of hydrogen-bond acceptors (Lipinski definition) is 5. The number of anilines is 4. The van der Waals surface area contributed by atoms with Gasteiger partial charge in [0.15, 0.2) is 0 Å². The van der Waals surface area contributed by atoms with Crippen LogP contribution >= 0.6 is 0 Å². The topological polar surface area (TPSA) is 62.7 Å². The van der Waals surface area contributed by atoms with Crippen molar-refractivity contribution in [3.8, 4) is 0 Å². The Bertz CT molecular complexity index is 806. The van der Waals surface area contributed by atoms with Crippen LogP contribution in [0.1, 0.15) is 28.1 Å². The third kappa shape index (κ3) is 4.53. The van der Waals surface area contributed by atoms with E-state index in [1.807, 2.05) is 6.92 Å². The lowest BCUT2D eigenvalue weighted by Gasteiger charge is -2.11. The smallest absolute Gasteiger partial charge is 0.232 e. The van der Waals surface area contributed by atoms with Gasteiger partial charge in [0.1, 0.15) is 5.82 Å². The number of rotatable bonds is 4. The lowest BCUT2D eigenvalue weighted by Crippen LogP contribution is -2.05. The van der Waals surface area contributed by atoms with Crippen LogP contribution in [-0.4, -0.2) is 15.0 Å². The van der Waals surface area contributed by atoms with Gasteiger partial charge < -0.3 is 10.6 Å². The van der Waals surface area contributed by atoms with Crippen LogP contribution in [0.5, 0.6) is 0 Å². The fraction of sp³-hybridized carbons (Fsp3) is 0.250. The van der Waals surface area contributed by atoms with Crippen molar-refractivity contribution in [3.63, 3.8) is 0 Å². The second-order valence-electron chi connectivity index (χ2n) is 6.53. The zero-order valence-corrected chi connectivity index (χ0v) is 15.3. The third-order valence-corrected chi connectivity index (χ3v) is 3.70. The van der Waals surface area contributed by atoms with Crippen molar-refractivity contribution in [1.82, 2.24) is 15.0 Å². The molecule has 0 amide bonds. The largest absolute Gasteiger partial charge is 0.324 e. The third-order valence-electron chi connectivity index (χ3n) is 3.70. The average molecular weight is 333 g/mol. The van der Waals surface area contributed by atoms with E-state index in [9.17, 15) is 0 Å². The van der Waals surface area contributed by atoms with Crippen molar-refractivity contribution in [2.24, 2.45) is 0 Å². The highest BCUT2D eigenvalue weighted by Crippen LogP contribution is 2.20. The van der Waals surface area contributed by atoms with Gasteiger partial charge in [0.2, 0.25) is 11.9 Å². The van der Waals surface area contributed by atoms with Gasteiger partial charge in [-0.2, -0.15) is 15.0 Å². The molecule has 0 spiro atoms. The zero-order valence-electron chi connectivity index (χ0n) is 15.3. The van der Waals surface area contributed by atoms with Gasteiger partial charge in [-0.15, -0.1) is 0 Å². The Balaban J connectivity index is 1.87. The number of aromatic nitrogens is 3. The van der Waals surface area contributed by atoms with Crippen LogP contribution in [0, 0.1) is 34.6 Å². The summed E-state index contributed by atoms with van der Waals surface area (Å²) in [7, 11) is 0. The monoisotopic (exact) mass is 333 g/mol. The predicted molar refractivity (Wildman–Crippen MR) is 103 cm³/mol. The second kappa shape index (κ2) is 6.89. The summed E-state index contributed by atoms with van der Waals surface area (Å²) >= 11 is 0. The van der Waals surface area contributed by atoms with Crippen molar-refractivity contribution in [3.05, 3.63) is 64.5 Å². The normalized spacial score (nSPS) is 10.6. The Labute approximate surface area is 148 Å². The molecule has 0 atom stereocenters. The quantitative estimate of drug-likeness (QED) is 0.711.